The van der Waals surface area contributed by atoms with Gasteiger partial charge in [0.2, 0.25) is 0 Å². The summed E-state index contributed by atoms with van der Waals surface area (Å²) in [5.74, 6) is 2.29. The Balaban J connectivity index is 2.12. The summed E-state index contributed by atoms with van der Waals surface area (Å²) in [5, 5.41) is 3.45. The fraction of sp³-hybridized carbons (Fsp3) is 0.294. The first-order valence-electron chi connectivity index (χ1n) is 6.80. The summed E-state index contributed by atoms with van der Waals surface area (Å²) in [6.45, 7) is 2.11. The molecule has 0 aliphatic heterocycles. The van der Waals surface area contributed by atoms with E-state index in [4.69, 9.17) is 14.2 Å². The van der Waals surface area contributed by atoms with Gasteiger partial charge in [0.25, 0.3) is 0 Å². The first kappa shape index (κ1) is 15.0. The summed E-state index contributed by atoms with van der Waals surface area (Å²) in [6, 6.07) is 14.0. The van der Waals surface area contributed by atoms with Crippen molar-refractivity contribution in [3.63, 3.8) is 0 Å². The average Bonchev–Trinajstić information content (AvgIpc) is 2.54. The van der Waals surface area contributed by atoms with Gasteiger partial charge in [-0.25, -0.2) is 0 Å². The van der Waals surface area contributed by atoms with E-state index in [0.717, 1.165) is 17.2 Å². The maximum Gasteiger partial charge on any atom is 0.162 e. The molecule has 0 heterocycles. The SMILES string of the molecule is COc1ccc(C(C)Nc2ccc(OC)c(OC)c2)cc1. The lowest BCUT2D eigenvalue weighted by Gasteiger charge is -2.17. The molecule has 0 amide bonds. The summed E-state index contributed by atoms with van der Waals surface area (Å²) in [4.78, 5) is 0. The molecule has 2 rings (SSSR count). The Morgan fingerprint density at radius 3 is 2.05 bits per heavy atom. The van der Waals surface area contributed by atoms with Gasteiger partial charge in [0, 0.05) is 17.8 Å². The number of anilines is 1. The third-order valence-corrected chi connectivity index (χ3v) is 3.38. The second-order valence-corrected chi connectivity index (χ2v) is 4.71. The molecule has 4 nitrogen and oxygen atoms in total. The summed E-state index contributed by atoms with van der Waals surface area (Å²) in [6.07, 6.45) is 0. The molecule has 112 valence electrons. The highest BCUT2D eigenvalue weighted by atomic mass is 16.5. The lowest BCUT2D eigenvalue weighted by molar-refractivity contribution is 0.355. The van der Waals surface area contributed by atoms with E-state index in [1.165, 1.54) is 5.56 Å². The molecule has 0 fully saturated rings. The Morgan fingerprint density at radius 1 is 0.810 bits per heavy atom. The first-order valence-corrected chi connectivity index (χ1v) is 6.80. The zero-order valence-corrected chi connectivity index (χ0v) is 12.8. The van der Waals surface area contributed by atoms with E-state index in [2.05, 4.69) is 24.4 Å². The molecule has 1 unspecified atom stereocenters. The number of hydrogen-bond donors (Lipinski definition) is 1. The van der Waals surface area contributed by atoms with Crippen LogP contribution in [-0.4, -0.2) is 21.3 Å². The van der Waals surface area contributed by atoms with E-state index in [0.29, 0.717) is 5.75 Å². The van der Waals surface area contributed by atoms with E-state index in [-0.39, 0.29) is 6.04 Å². The maximum atomic E-state index is 5.31. The number of hydrogen-bond acceptors (Lipinski definition) is 4. The molecular formula is C17H21NO3. The zero-order chi connectivity index (χ0) is 15.2. The predicted octanol–water partition coefficient (Wildman–Crippen LogP) is 3.89. The van der Waals surface area contributed by atoms with Gasteiger partial charge in [-0.3, -0.25) is 0 Å². The van der Waals surface area contributed by atoms with Crippen LogP contribution in [0.3, 0.4) is 0 Å². The molecule has 2 aromatic carbocycles. The molecular weight excluding hydrogens is 266 g/mol. The van der Waals surface area contributed by atoms with Crippen molar-refractivity contribution in [1.29, 1.82) is 0 Å². The van der Waals surface area contributed by atoms with Gasteiger partial charge in [-0.15, -0.1) is 0 Å². The van der Waals surface area contributed by atoms with E-state index in [1.807, 2.05) is 30.3 Å². The second-order valence-electron chi connectivity index (χ2n) is 4.71. The lowest BCUT2D eigenvalue weighted by Crippen LogP contribution is -2.06. The highest BCUT2D eigenvalue weighted by Crippen LogP contribution is 2.31. The van der Waals surface area contributed by atoms with Gasteiger partial charge in [-0.2, -0.15) is 0 Å². The van der Waals surface area contributed by atoms with Crippen molar-refractivity contribution in [2.24, 2.45) is 0 Å². The van der Waals surface area contributed by atoms with Crippen molar-refractivity contribution < 1.29 is 14.2 Å². The molecule has 0 aliphatic carbocycles. The van der Waals surface area contributed by atoms with Crippen molar-refractivity contribution in [3.05, 3.63) is 48.0 Å². The molecule has 1 atom stereocenters. The molecule has 0 saturated heterocycles. The van der Waals surface area contributed by atoms with Crippen molar-refractivity contribution in [1.82, 2.24) is 0 Å². The van der Waals surface area contributed by atoms with E-state index < -0.39 is 0 Å². The van der Waals surface area contributed by atoms with Crippen LogP contribution in [0.15, 0.2) is 42.5 Å². The van der Waals surface area contributed by atoms with Gasteiger partial charge >= 0.3 is 0 Å². The summed E-state index contributed by atoms with van der Waals surface area (Å²) >= 11 is 0. The smallest absolute Gasteiger partial charge is 0.162 e. The Hall–Kier alpha value is -2.36. The minimum atomic E-state index is 0.175. The van der Waals surface area contributed by atoms with E-state index >= 15 is 0 Å². The molecule has 4 heteroatoms. The lowest BCUT2D eigenvalue weighted by atomic mass is 10.1. The van der Waals surface area contributed by atoms with E-state index in [9.17, 15) is 0 Å². The van der Waals surface area contributed by atoms with Crippen LogP contribution in [0.1, 0.15) is 18.5 Å². The van der Waals surface area contributed by atoms with Gasteiger partial charge in [0.1, 0.15) is 5.75 Å². The highest BCUT2D eigenvalue weighted by molar-refractivity contribution is 5.55. The van der Waals surface area contributed by atoms with Crippen molar-refractivity contribution in [2.45, 2.75) is 13.0 Å². The van der Waals surface area contributed by atoms with Crippen LogP contribution >= 0.6 is 0 Å². The predicted molar refractivity (Wildman–Crippen MR) is 84.6 cm³/mol. The third kappa shape index (κ3) is 3.60. The van der Waals surface area contributed by atoms with Gasteiger partial charge in [-0.1, -0.05) is 12.1 Å². The monoisotopic (exact) mass is 287 g/mol. The van der Waals surface area contributed by atoms with Gasteiger partial charge in [-0.05, 0) is 36.8 Å². The Kier molecular flexibility index (Phi) is 4.93. The molecule has 0 aliphatic rings. The molecule has 21 heavy (non-hydrogen) atoms. The summed E-state index contributed by atoms with van der Waals surface area (Å²) in [7, 11) is 4.93. The third-order valence-electron chi connectivity index (χ3n) is 3.38. The van der Waals surface area contributed by atoms with Crippen LogP contribution in [0.2, 0.25) is 0 Å². The standard InChI is InChI=1S/C17H21NO3/c1-12(13-5-8-15(19-2)9-6-13)18-14-7-10-16(20-3)17(11-14)21-4/h5-12,18H,1-4H3. The summed E-state index contributed by atoms with van der Waals surface area (Å²) in [5.41, 5.74) is 2.17. The van der Waals surface area contributed by atoms with Gasteiger partial charge in [0.15, 0.2) is 11.5 Å². The highest BCUT2D eigenvalue weighted by Gasteiger charge is 2.08. The van der Waals surface area contributed by atoms with Crippen LogP contribution in [0.4, 0.5) is 5.69 Å². The fourth-order valence-corrected chi connectivity index (χ4v) is 2.15. The Bertz CT molecular complexity index is 581. The van der Waals surface area contributed by atoms with Gasteiger partial charge < -0.3 is 19.5 Å². The Labute approximate surface area is 125 Å². The number of rotatable bonds is 6. The molecule has 0 bridgehead atoms. The molecule has 1 N–H and O–H groups in total. The number of nitrogens with one attached hydrogen (secondary N) is 1. The number of ether oxygens (including phenoxy) is 3. The minimum absolute atomic E-state index is 0.175. The quantitative estimate of drug-likeness (QED) is 0.875. The van der Waals surface area contributed by atoms with Crippen LogP contribution in [0.5, 0.6) is 17.2 Å². The molecule has 0 radical (unpaired) electrons. The largest absolute Gasteiger partial charge is 0.497 e. The maximum absolute atomic E-state index is 5.31. The summed E-state index contributed by atoms with van der Waals surface area (Å²) < 4.78 is 15.7. The molecule has 0 aromatic heterocycles. The molecule has 0 spiro atoms. The molecule has 0 saturated carbocycles. The van der Waals surface area contributed by atoms with E-state index in [1.54, 1.807) is 21.3 Å². The number of benzene rings is 2. The van der Waals surface area contributed by atoms with Crippen molar-refractivity contribution in [2.75, 3.05) is 26.6 Å². The van der Waals surface area contributed by atoms with Crippen LogP contribution in [-0.2, 0) is 0 Å². The molecule has 2 aromatic rings. The fourth-order valence-electron chi connectivity index (χ4n) is 2.15. The average molecular weight is 287 g/mol. The topological polar surface area (TPSA) is 39.7 Å². The normalized spacial score (nSPS) is 11.6. The van der Waals surface area contributed by atoms with Crippen LogP contribution < -0.4 is 19.5 Å². The van der Waals surface area contributed by atoms with Crippen molar-refractivity contribution in [3.8, 4) is 17.2 Å². The van der Waals surface area contributed by atoms with Gasteiger partial charge in [0.05, 0.1) is 21.3 Å². The minimum Gasteiger partial charge on any atom is -0.497 e. The zero-order valence-electron chi connectivity index (χ0n) is 12.8. The van der Waals surface area contributed by atoms with Crippen molar-refractivity contribution >= 4 is 5.69 Å². The Morgan fingerprint density at radius 2 is 1.48 bits per heavy atom. The van der Waals surface area contributed by atoms with Crippen LogP contribution in [0, 0.1) is 0 Å². The van der Waals surface area contributed by atoms with Crippen LogP contribution in [0.25, 0.3) is 0 Å². The number of methoxy groups -OCH3 is 3. The first-order chi connectivity index (χ1) is 10.2. The second kappa shape index (κ2) is 6.88.